The first-order valence-electron chi connectivity index (χ1n) is 1.95. The Balaban J connectivity index is 4.63. The van der Waals surface area contributed by atoms with Gasteiger partial charge in [0.05, 0.1) is 0 Å². The Bertz CT molecular complexity index is 213. The first-order chi connectivity index (χ1) is 4.63. The minimum atomic E-state index is -3.67. The van der Waals surface area contributed by atoms with Gasteiger partial charge in [-0.3, -0.25) is 4.57 Å². The number of alkyl halides is 3. The third-order valence-electron chi connectivity index (χ3n) is 0.438. The van der Waals surface area contributed by atoms with Crippen molar-refractivity contribution in [2.45, 2.75) is 3.79 Å². The van der Waals surface area contributed by atoms with Crippen molar-refractivity contribution in [1.29, 1.82) is 0 Å². The fourth-order valence-corrected chi connectivity index (χ4v) is 1.82. The van der Waals surface area contributed by atoms with Gasteiger partial charge in [0.25, 0.3) is 0 Å². The maximum absolute atomic E-state index is 10.6. The zero-order chi connectivity index (χ0) is 9.28. The van der Waals surface area contributed by atoms with Gasteiger partial charge in [-0.1, -0.05) is 46.4 Å². The summed E-state index contributed by atoms with van der Waals surface area (Å²) in [6.45, 7) is 0. The molecule has 0 atom stereocenters. The van der Waals surface area contributed by atoms with Crippen molar-refractivity contribution < 1.29 is 4.57 Å². The van der Waals surface area contributed by atoms with Gasteiger partial charge in [0.2, 0.25) is 3.79 Å². The standard InChI is InChI=1S/C2Cl6NOP/c3-1(2(4,5)6)9-11(7,8)10. The average Bonchev–Trinajstić information content (AvgIpc) is 1.56. The molecule has 66 valence electrons. The number of rotatable bonds is 1. The van der Waals surface area contributed by atoms with Crippen molar-refractivity contribution >= 4 is 80.1 Å². The van der Waals surface area contributed by atoms with Crippen molar-refractivity contribution in [3.63, 3.8) is 0 Å². The second-order valence-electron chi connectivity index (χ2n) is 1.32. The van der Waals surface area contributed by atoms with Gasteiger partial charge in [-0.15, -0.1) is 0 Å². The van der Waals surface area contributed by atoms with E-state index in [1.807, 2.05) is 0 Å². The topological polar surface area (TPSA) is 29.4 Å². The predicted octanol–water partition coefficient (Wildman–Crippen LogP) is 4.58. The summed E-state index contributed by atoms with van der Waals surface area (Å²) in [5, 5.41) is -0.532. The highest BCUT2D eigenvalue weighted by Gasteiger charge is 2.29. The van der Waals surface area contributed by atoms with Gasteiger partial charge >= 0.3 is 6.00 Å². The van der Waals surface area contributed by atoms with E-state index >= 15 is 0 Å². The first kappa shape index (κ1) is 12.6. The van der Waals surface area contributed by atoms with Crippen LogP contribution in [0, 0.1) is 0 Å². The van der Waals surface area contributed by atoms with Gasteiger partial charge in [-0.05, 0) is 22.5 Å². The van der Waals surface area contributed by atoms with E-state index in [1.165, 1.54) is 0 Å². The molecule has 0 fully saturated rings. The van der Waals surface area contributed by atoms with E-state index in [9.17, 15) is 4.57 Å². The number of halogens is 6. The lowest BCUT2D eigenvalue weighted by Gasteiger charge is -2.07. The Labute approximate surface area is 92.7 Å². The van der Waals surface area contributed by atoms with E-state index in [1.54, 1.807) is 0 Å². The lowest BCUT2D eigenvalue weighted by Crippen LogP contribution is -2.11. The van der Waals surface area contributed by atoms with Crippen LogP contribution in [0.1, 0.15) is 0 Å². The molecule has 2 nitrogen and oxygen atoms in total. The Morgan fingerprint density at radius 3 is 1.73 bits per heavy atom. The zero-order valence-corrected chi connectivity index (χ0v) is 10.0. The lowest BCUT2D eigenvalue weighted by molar-refractivity contribution is 0.593. The lowest BCUT2D eigenvalue weighted by atomic mass is 10.8. The van der Waals surface area contributed by atoms with Crippen LogP contribution in [0.5, 0.6) is 0 Å². The largest absolute Gasteiger partial charge is 0.365 e. The molecule has 0 aliphatic heterocycles. The molecular formula is C2Cl6NOP. The number of hydrogen-bond acceptors (Lipinski definition) is 1. The minimum Gasteiger partial charge on any atom is -0.262 e. The molecule has 0 aromatic rings. The number of hydrogen-bond donors (Lipinski definition) is 0. The van der Waals surface area contributed by atoms with Crippen molar-refractivity contribution in [2.24, 2.45) is 4.76 Å². The van der Waals surface area contributed by atoms with Crippen molar-refractivity contribution in [3.8, 4) is 0 Å². The zero-order valence-electron chi connectivity index (χ0n) is 4.57. The predicted molar refractivity (Wildman–Crippen MR) is 52.9 cm³/mol. The Hall–Kier alpha value is 1.64. The Kier molecular flexibility index (Phi) is 4.87. The van der Waals surface area contributed by atoms with E-state index in [0.717, 1.165) is 0 Å². The molecule has 9 heteroatoms. The Morgan fingerprint density at radius 2 is 1.64 bits per heavy atom. The highest BCUT2D eigenvalue weighted by Crippen LogP contribution is 2.59. The molecule has 0 aromatic carbocycles. The first-order valence-corrected chi connectivity index (χ1v) is 6.93. The van der Waals surface area contributed by atoms with E-state index in [-0.39, 0.29) is 0 Å². The Morgan fingerprint density at radius 1 is 1.27 bits per heavy atom. The van der Waals surface area contributed by atoms with Crippen molar-refractivity contribution in [1.82, 2.24) is 0 Å². The molecule has 0 rings (SSSR count). The summed E-state index contributed by atoms with van der Waals surface area (Å²) in [6.07, 6.45) is 0. The summed E-state index contributed by atoms with van der Waals surface area (Å²) < 4.78 is 11.7. The molecule has 0 aliphatic rings. The van der Waals surface area contributed by atoms with Gasteiger partial charge in [0.15, 0.2) is 5.17 Å². The molecule has 0 spiro atoms. The van der Waals surface area contributed by atoms with Gasteiger partial charge in [-0.25, -0.2) is 0 Å². The molecule has 0 heterocycles. The van der Waals surface area contributed by atoms with Crippen LogP contribution in [0.15, 0.2) is 4.76 Å². The highest BCUT2D eigenvalue weighted by molar-refractivity contribution is 8.07. The van der Waals surface area contributed by atoms with Gasteiger partial charge < -0.3 is 0 Å². The molecule has 0 saturated carbocycles. The second-order valence-corrected chi connectivity index (χ2v) is 8.30. The van der Waals surface area contributed by atoms with Crippen LogP contribution in [0.3, 0.4) is 0 Å². The maximum Gasteiger partial charge on any atom is 0.365 e. The van der Waals surface area contributed by atoms with Crippen LogP contribution in [-0.2, 0) is 4.57 Å². The number of nitrogens with zero attached hydrogens (tertiary/aromatic N) is 1. The summed E-state index contributed by atoms with van der Waals surface area (Å²) in [5.74, 6) is -3.67. The van der Waals surface area contributed by atoms with Gasteiger partial charge in [0.1, 0.15) is 0 Å². The van der Waals surface area contributed by atoms with Gasteiger partial charge in [0, 0.05) is 0 Å². The molecule has 0 aromatic heterocycles. The summed E-state index contributed by atoms with van der Waals surface area (Å²) in [7, 11) is 0. The summed E-state index contributed by atoms with van der Waals surface area (Å²) >= 11 is 30.9. The van der Waals surface area contributed by atoms with Crippen LogP contribution >= 0.6 is 74.9 Å². The summed E-state index contributed by atoms with van der Waals surface area (Å²) in [6, 6.07) is 0. The molecule has 0 amide bonds. The molecule has 0 radical (unpaired) electrons. The average molecular weight is 298 g/mol. The smallest absolute Gasteiger partial charge is 0.262 e. The van der Waals surface area contributed by atoms with Crippen LogP contribution in [0.25, 0.3) is 0 Å². The third-order valence-corrected chi connectivity index (χ3v) is 2.64. The monoisotopic (exact) mass is 295 g/mol. The molecule has 0 aliphatic carbocycles. The molecular weight excluding hydrogens is 298 g/mol. The maximum atomic E-state index is 10.6. The van der Waals surface area contributed by atoms with Crippen LogP contribution in [0.2, 0.25) is 0 Å². The van der Waals surface area contributed by atoms with Crippen LogP contribution in [0.4, 0.5) is 0 Å². The molecule has 0 N–H and O–H groups in total. The molecule has 0 unspecified atom stereocenters. The normalized spacial score (nSPS) is 15.3. The molecule has 11 heavy (non-hydrogen) atoms. The van der Waals surface area contributed by atoms with E-state index in [0.29, 0.717) is 0 Å². The van der Waals surface area contributed by atoms with Crippen molar-refractivity contribution in [3.05, 3.63) is 0 Å². The van der Waals surface area contributed by atoms with Crippen LogP contribution < -0.4 is 0 Å². The molecule has 0 saturated heterocycles. The third kappa shape index (κ3) is 6.77. The second kappa shape index (κ2) is 4.23. The fourth-order valence-electron chi connectivity index (χ4n) is 0.159. The highest BCUT2D eigenvalue weighted by atomic mass is 35.9. The van der Waals surface area contributed by atoms with Crippen molar-refractivity contribution in [2.75, 3.05) is 0 Å². The van der Waals surface area contributed by atoms with E-state index in [2.05, 4.69) is 4.76 Å². The van der Waals surface area contributed by atoms with Crippen LogP contribution in [-0.4, -0.2) is 8.96 Å². The SMILES string of the molecule is O=P(Cl)(Cl)N=C(Cl)C(Cl)(Cl)Cl. The summed E-state index contributed by atoms with van der Waals surface area (Å²) in [4.78, 5) is 0. The summed E-state index contributed by atoms with van der Waals surface area (Å²) in [5.41, 5.74) is 0. The van der Waals surface area contributed by atoms with E-state index in [4.69, 9.17) is 68.9 Å². The quantitative estimate of drug-likeness (QED) is 0.396. The minimum absolute atomic E-state index is 0.532. The van der Waals surface area contributed by atoms with Gasteiger partial charge in [-0.2, -0.15) is 4.76 Å². The molecule has 0 bridgehead atoms. The fraction of sp³-hybridized carbons (Fsp3) is 0.500. The van der Waals surface area contributed by atoms with E-state index < -0.39 is 15.0 Å².